The van der Waals surface area contributed by atoms with Crippen molar-refractivity contribution in [2.24, 2.45) is 0 Å². The third-order valence-corrected chi connectivity index (χ3v) is 1.86. The molecule has 0 fully saturated rings. The number of carbonyl (C=O) groups is 1. The monoisotopic (exact) mass is 223 g/mol. The van der Waals surface area contributed by atoms with Crippen LogP contribution in [0.25, 0.3) is 0 Å². The number of amides is 1. The SMILES string of the molecule is CCC(COC)NC(=O)CBr. The van der Waals surface area contributed by atoms with E-state index >= 15 is 0 Å². The van der Waals surface area contributed by atoms with Gasteiger partial charge in [0.2, 0.25) is 5.91 Å². The van der Waals surface area contributed by atoms with E-state index < -0.39 is 0 Å². The van der Waals surface area contributed by atoms with Crippen LogP contribution in [0.2, 0.25) is 0 Å². The summed E-state index contributed by atoms with van der Waals surface area (Å²) < 4.78 is 4.91. The molecule has 4 heteroatoms. The smallest absolute Gasteiger partial charge is 0.230 e. The highest BCUT2D eigenvalue weighted by atomic mass is 79.9. The Balaban J connectivity index is 3.58. The average Bonchev–Trinajstić information content (AvgIpc) is 2.03. The highest BCUT2D eigenvalue weighted by Gasteiger charge is 2.07. The molecular weight excluding hydrogens is 210 g/mol. The molecular formula is C7H14BrNO2. The summed E-state index contributed by atoms with van der Waals surface area (Å²) in [6.45, 7) is 2.59. The van der Waals surface area contributed by atoms with E-state index in [0.717, 1.165) is 6.42 Å². The Morgan fingerprint density at radius 1 is 1.73 bits per heavy atom. The number of halogens is 1. The molecule has 1 N–H and O–H groups in total. The van der Waals surface area contributed by atoms with E-state index in [1.54, 1.807) is 7.11 Å². The Labute approximate surface area is 75.6 Å². The maximum atomic E-state index is 10.8. The van der Waals surface area contributed by atoms with Gasteiger partial charge in [-0.25, -0.2) is 0 Å². The van der Waals surface area contributed by atoms with E-state index in [1.807, 2.05) is 6.92 Å². The molecule has 1 unspecified atom stereocenters. The Bertz CT molecular complexity index is 119. The third kappa shape index (κ3) is 5.21. The van der Waals surface area contributed by atoms with Crippen LogP contribution in [0.1, 0.15) is 13.3 Å². The minimum Gasteiger partial charge on any atom is -0.383 e. The molecule has 0 aliphatic heterocycles. The molecule has 1 atom stereocenters. The average molecular weight is 224 g/mol. The molecule has 0 spiro atoms. The first-order chi connectivity index (χ1) is 5.24. The van der Waals surface area contributed by atoms with Gasteiger partial charge in [-0.1, -0.05) is 22.9 Å². The van der Waals surface area contributed by atoms with Gasteiger partial charge in [-0.15, -0.1) is 0 Å². The molecule has 66 valence electrons. The molecule has 0 radical (unpaired) electrons. The second-order valence-electron chi connectivity index (χ2n) is 2.26. The number of nitrogens with one attached hydrogen (secondary N) is 1. The van der Waals surface area contributed by atoms with Gasteiger partial charge in [-0.05, 0) is 6.42 Å². The summed E-state index contributed by atoms with van der Waals surface area (Å²) in [4.78, 5) is 10.8. The summed E-state index contributed by atoms with van der Waals surface area (Å²) in [6.07, 6.45) is 0.895. The number of carbonyl (C=O) groups excluding carboxylic acids is 1. The molecule has 0 aromatic rings. The lowest BCUT2D eigenvalue weighted by Crippen LogP contribution is -2.38. The maximum Gasteiger partial charge on any atom is 0.230 e. The molecule has 0 aromatic heterocycles. The van der Waals surface area contributed by atoms with Crippen molar-refractivity contribution in [1.29, 1.82) is 0 Å². The molecule has 3 nitrogen and oxygen atoms in total. The maximum absolute atomic E-state index is 10.8. The zero-order valence-corrected chi connectivity index (χ0v) is 8.48. The number of methoxy groups -OCH3 is 1. The van der Waals surface area contributed by atoms with Crippen molar-refractivity contribution in [3.8, 4) is 0 Å². The molecule has 1 amide bonds. The standard InChI is InChI=1S/C7H14BrNO2/c1-3-6(5-11-2)9-7(10)4-8/h6H,3-5H2,1-2H3,(H,9,10). The molecule has 0 heterocycles. The predicted molar refractivity (Wildman–Crippen MR) is 47.9 cm³/mol. The molecule has 0 rings (SSSR count). The highest BCUT2D eigenvalue weighted by Crippen LogP contribution is 1.91. The summed E-state index contributed by atoms with van der Waals surface area (Å²) in [5.41, 5.74) is 0. The molecule has 11 heavy (non-hydrogen) atoms. The Kier molecular flexibility index (Phi) is 6.56. The zero-order chi connectivity index (χ0) is 8.69. The van der Waals surface area contributed by atoms with Crippen LogP contribution in [-0.2, 0) is 9.53 Å². The van der Waals surface area contributed by atoms with Crippen LogP contribution >= 0.6 is 15.9 Å². The molecule has 0 bridgehead atoms. The molecule has 0 saturated heterocycles. The Morgan fingerprint density at radius 2 is 2.36 bits per heavy atom. The van der Waals surface area contributed by atoms with E-state index in [9.17, 15) is 4.79 Å². The zero-order valence-electron chi connectivity index (χ0n) is 6.89. The minimum absolute atomic E-state index is 0.00824. The van der Waals surface area contributed by atoms with E-state index in [1.165, 1.54) is 0 Å². The van der Waals surface area contributed by atoms with Crippen LogP contribution in [0, 0.1) is 0 Å². The molecule has 0 aliphatic carbocycles. The van der Waals surface area contributed by atoms with Crippen LogP contribution in [0.3, 0.4) is 0 Å². The topological polar surface area (TPSA) is 38.3 Å². The van der Waals surface area contributed by atoms with Gasteiger partial charge in [0.1, 0.15) is 0 Å². The normalized spacial score (nSPS) is 12.6. The van der Waals surface area contributed by atoms with E-state index in [-0.39, 0.29) is 11.9 Å². The van der Waals surface area contributed by atoms with Crippen molar-refractivity contribution in [3.05, 3.63) is 0 Å². The molecule has 0 aliphatic rings. The minimum atomic E-state index is 0.00824. The van der Waals surface area contributed by atoms with E-state index in [0.29, 0.717) is 11.9 Å². The van der Waals surface area contributed by atoms with Gasteiger partial charge in [0.25, 0.3) is 0 Å². The number of alkyl halides is 1. The van der Waals surface area contributed by atoms with Gasteiger partial charge in [0.05, 0.1) is 18.0 Å². The van der Waals surface area contributed by atoms with Gasteiger partial charge in [-0.2, -0.15) is 0 Å². The quantitative estimate of drug-likeness (QED) is 0.705. The van der Waals surface area contributed by atoms with Crippen molar-refractivity contribution in [2.45, 2.75) is 19.4 Å². The summed E-state index contributed by atoms with van der Waals surface area (Å²) in [5, 5.41) is 3.16. The molecule has 0 saturated carbocycles. The van der Waals surface area contributed by atoms with Gasteiger partial charge in [0.15, 0.2) is 0 Å². The van der Waals surface area contributed by atoms with Crippen molar-refractivity contribution in [3.63, 3.8) is 0 Å². The van der Waals surface area contributed by atoms with Crippen molar-refractivity contribution < 1.29 is 9.53 Å². The van der Waals surface area contributed by atoms with Crippen LogP contribution in [-0.4, -0.2) is 31.0 Å². The van der Waals surface area contributed by atoms with Crippen LogP contribution in [0.15, 0.2) is 0 Å². The van der Waals surface area contributed by atoms with E-state index in [4.69, 9.17) is 4.74 Å². The Morgan fingerprint density at radius 3 is 2.73 bits per heavy atom. The van der Waals surface area contributed by atoms with Gasteiger partial charge in [-0.3, -0.25) is 4.79 Å². The first-order valence-corrected chi connectivity index (χ1v) is 4.71. The fourth-order valence-corrected chi connectivity index (χ4v) is 0.891. The lowest BCUT2D eigenvalue weighted by molar-refractivity contribution is -0.119. The van der Waals surface area contributed by atoms with Crippen molar-refractivity contribution in [2.75, 3.05) is 19.0 Å². The van der Waals surface area contributed by atoms with Crippen molar-refractivity contribution in [1.82, 2.24) is 5.32 Å². The fraction of sp³-hybridized carbons (Fsp3) is 0.857. The predicted octanol–water partition coefficient (Wildman–Crippen LogP) is 0.922. The van der Waals surface area contributed by atoms with Crippen LogP contribution in [0.5, 0.6) is 0 Å². The van der Waals surface area contributed by atoms with Crippen LogP contribution in [0.4, 0.5) is 0 Å². The van der Waals surface area contributed by atoms with Crippen molar-refractivity contribution >= 4 is 21.8 Å². The summed E-state index contributed by atoms with van der Waals surface area (Å²) in [5.74, 6) is 0.00824. The third-order valence-electron chi connectivity index (χ3n) is 1.35. The van der Waals surface area contributed by atoms with Crippen LogP contribution < -0.4 is 5.32 Å². The largest absolute Gasteiger partial charge is 0.383 e. The molecule has 0 aromatic carbocycles. The summed E-state index contributed by atoms with van der Waals surface area (Å²) >= 11 is 3.07. The highest BCUT2D eigenvalue weighted by molar-refractivity contribution is 9.09. The summed E-state index contributed by atoms with van der Waals surface area (Å²) in [7, 11) is 1.63. The lowest BCUT2D eigenvalue weighted by Gasteiger charge is -2.14. The second kappa shape index (κ2) is 6.61. The first-order valence-electron chi connectivity index (χ1n) is 3.58. The van der Waals surface area contributed by atoms with Gasteiger partial charge in [0, 0.05) is 7.11 Å². The Hall–Kier alpha value is -0.0900. The number of hydrogen-bond acceptors (Lipinski definition) is 2. The van der Waals surface area contributed by atoms with E-state index in [2.05, 4.69) is 21.2 Å². The fourth-order valence-electron chi connectivity index (χ4n) is 0.729. The lowest BCUT2D eigenvalue weighted by atomic mass is 10.2. The van der Waals surface area contributed by atoms with Gasteiger partial charge < -0.3 is 10.1 Å². The first kappa shape index (κ1) is 10.9. The number of hydrogen-bond donors (Lipinski definition) is 1. The summed E-state index contributed by atoms with van der Waals surface area (Å²) in [6, 6.07) is 0.144. The number of rotatable bonds is 5. The number of ether oxygens (including phenoxy) is 1. The van der Waals surface area contributed by atoms with Gasteiger partial charge >= 0.3 is 0 Å². The second-order valence-corrected chi connectivity index (χ2v) is 2.82.